The first-order valence-electron chi connectivity index (χ1n) is 8.09. The van der Waals surface area contributed by atoms with E-state index < -0.39 is 5.97 Å². The minimum atomic E-state index is -0.814. The molecule has 0 radical (unpaired) electrons. The Balaban J connectivity index is 1.64. The van der Waals surface area contributed by atoms with E-state index in [1.807, 2.05) is 11.8 Å². The Labute approximate surface area is 131 Å². The van der Waals surface area contributed by atoms with Gasteiger partial charge in [0.25, 0.3) is 0 Å². The van der Waals surface area contributed by atoms with E-state index in [0.717, 1.165) is 32.1 Å². The molecule has 0 atom stereocenters. The van der Waals surface area contributed by atoms with Crippen LogP contribution in [-0.2, 0) is 4.79 Å². The van der Waals surface area contributed by atoms with Crippen LogP contribution in [0.4, 0.5) is 4.79 Å². The van der Waals surface area contributed by atoms with Crippen LogP contribution in [0.15, 0.2) is 0 Å². The molecule has 0 saturated heterocycles. The van der Waals surface area contributed by atoms with Crippen LogP contribution >= 0.6 is 0 Å². The van der Waals surface area contributed by atoms with Crippen molar-refractivity contribution >= 4 is 12.0 Å². The number of carbonyl (C=O) groups is 2. The Kier molecular flexibility index (Phi) is 5.63. The van der Waals surface area contributed by atoms with Crippen LogP contribution in [0.25, 0.3) is 0 Å². The standard InChI is InChI=1S/C15H27N3O4/c1-2-18(8-13(20)21)12-6-11(7-12)17-14(22)16-9-15(10-19)4-3-5-15/h11-12,19H,2-10H2,1H3,(H,20,21)(H2,16,17,22). The third-order valence-electron chi connectivity index (χ3n) is 5.08. The van der Waals surface area contributed by atoms with Crippen LogP contribution in [0.1, 0.15) is 39.0 Å². The fraction of sp³-hybridized carbons (Fsp3) is 0.867. The number of carboxylic acid groups (broad SMARTS) is 1. The predicted octanol–water partition coefficient (Wildman–Crippen LogP) is 0.386. The summed E-state index contributed by atoms with van der Waals surface area (Å²) in [4.78, 5) is 24.6. The van der Waals surface area contributed by atoms with Crippen LogP contribution in [0.3, 0.4) is 0 Å². The van der Waals surface area contributed by atoms with Crippen molar-refractivity contribution in [3.8, 4) is 0 Å². The first-order chi connectivity index (χ1) is 10.5. The summed E-state index contributed by atoms with van der Waals surface area (Å²) in [6.45, 7) is 3.35. The number of rotatable bonds is 8. The van der Waals surface area contributed by atoms with Crippen molar-refractivity contribution in [2.24, 2.45) is 5.41 Å². The summed E-state index contributed by atoms with van der Waals surface area (Å²) < 4.78 is 0. The third-order valence-corrected chi connectivity index (χ3v) is 5.08. The molecule has 7 heteroatoms. The molecule has 0 aromatic carbocycles. The van der Waals surface area contributed by atoms with Crippen LogP contribution in [0.5, 0.6) is 0 Å². The summed E-state index contributed by atoms with van der Waals surface area (Å²) in [6, 6.07) is 0.158. The van der Waals surface area contributed by atoms with Gasteiger partial charge < -0.3 is 20.8 Å². The number of urea groups is 1. The van der Waals surface area contributed by atoms with E-state index in [2.05, 4.69) is 10.6 Å². The zero-order valence-corrected chi connectivity index (χ0v) is 13.2. The quantitative estimate of drug-likeness (QED) is 0.519. The molecule has 0 aromatic heterocycles. The van der Waals surface area contributed by atoms with E-state index in [1.54, 1.807) is 0 Å². The van der Waals surface area contributed by atoms with E-state index in [1.165, 1.54) is 0 Å². The van der Waals surface area contributed by atoms with Crippen molar-refractivity contribution in [3.05, 3.63) is 0 Å². The largest absolute Gasteiger partial charge is 0.480 e. The molecule has 2 aliphatic rings. The molecule has 4 N–H and O–H groups in total. The lowest BCUT2D eigenvalue weighted by molar-refractivity contribution is -0.139. The SMILES string of the molecule is CCN(CC(=O)O)C1CC(NC(=O)NCC2(CO)CCC2)C1. The Hall–Kier alpha value is -1.34. The van der Waals surface area contributed by atoms with E-state index in [-0.39, 0.29) is 36.7 Å². The molecule has 2 amide bonds. The van der Waals surface area contributed by atoms with Gasteiger partial charge in [-0.2, -0.15) is 0 Å². The average molecular weight is 313 g/mol. The number of hydrogen-bond acceptors (Lipinski definition) is 4. The molecule has 2 saturated carbocycles. The molecular formula is C15H27N3O4. The van der Waals surface area contributed by atoms with Gasteiger partial charge in [-0.3, -0.25) is 9.69 Å². The zero-order chi connectivity index (χ0) is 16.2. The number of carboxylic acids is 1. The smallest absolute Gasteiger partial charge is 0.317 e. The van der Waals surface area contributed by atoms with Gasteiger partial charge in [-0.25, -0.2) is 4.79 Å². The van der Waals surface area contributed by atoms with E-state index in [0.29, 0.717) is 13.1 Å². The molecule has 0 heterocycles. The van der Waals surface area contributed by atoms with Gasteiger partial charge in [0.15, 0.2) is 0 Å². The molecule has 2 rings (SSSR count). The number of aliphatic hydroxyl groups is 1. The minimum Gasteiger partial charge on any atom is -0.480 e. The number of nitrogens with zero attached hydrogens (tertiary/aromatic N) is 1. The third kappa shape index (κ3) is 4.10. The number of hydrogen-bond donors (Lipinski definition) is 4. The van der Waals surface area contributed by atoms with Crippen molar-refractivity contribution in [2.45, 2.75) is 51.1 Å². The number of aliphatic hydroxyl groups excluding tert-OH is 1. The fourth-order valence-electron chi connectivity index (χ4n) is 3.25. The summed E-state index contributed by atoms with van der Waals surface area (Å²) in [5, 5.41) is 24.0. The lowest BCUT2D eigenvalue weighted by atomic mass is 9.69. The summed E-state index contributed by atoms with van der Waals surface area (Å²) >= 11 is 0. The second-order valence-corrected chi connectivity index (χ2v) is 6.62. The van der Waals surface area contributed by atoms with Gasteiger partial charge in [0.2, 0.25) is 0 Å². The predicted molar refractivity (Wildman–Crippen MR) is 81.6 cm³/mol. The van der Waals surface area contributed by atoms with Crippen molar-refractivity contribution in [1.29, 1.82) is 0 Å². The summed E-state index contributed by atoms with van der Waals surface area (Å²) in [6.07, 6.45) is 4.63. The molecular weight excluding hydrogens is 286 g/mol. The highest BCUT2D eigenvalue weighted by molar-refractivity contribution is 5.74. The molecule has 0 aliphatic heterocycles. The van der Waals surface area contributed by atoms with E-state index in [9.17, 15) is 14.7 Å². The Morgan fingerprint density at radius 1 is 1.32 bits per heavy atom. The van der Waals surface area contributed by atoms with E-state index in [4.69, 9.17) is 5.11 Å². The summed E-state index contributed by atoms with van der Waals surface area (Å²) in [7, 11) is 0. The summed E-state index contributed by atoms with van der Waals surface area (Å²) in [5.74, 6) is -0.814. The topological polar surface area (TPSA) is 102 Å². The highest BCUT2D eigenvalue weighted by atomic mass is 16.4. The molecule has 0 unspecified atom stereocenters. The fourth-order valence-corrected chi connectivity index (χ4v) is 3.25. The number of aliphatic carboxylic acids is 1. The maximum Gasteiger partial charge on any atom is 0.317 e. The summed E-state index contributed by atoms with van der Waals surface area (Å²) in [5.41, 5.74) is -0.111. The molecule has 2 fully saturated rings. The highest BCUT2D eigenvalue weighted by Gasteiger charge is 2.37. The normalized spacial score (nSPS) is 26.0. The van der Waals surface area contributed by atoms with Crippen LogP contribution in [0.2, 0.25) is 0 Å². The Bertz CT molecular complexity index is 400. The second-order valence-electron chi connectivity index (χ2n) is 6.62. The second kappa shape index (κ2) is 7.28. The van der Waals surface area contributed by atoms with Crippen LogP contribution in [-0.4, -0.2) is 65.4 Å². The molecule has 0 aromatic rings. The van der Waals surface area contributed by atoms with Crippen molar-refractivity contribution in [3.63, 3.8) is 0 Å². The zero-order valence-electron chi connectivity index (χ0n) is 13.2. The molecule has 2 aliphatic carbocycles. The van der Waals surface area contributed by atoms with Gasteiger partial charge in [0.05, 0.1) is 13.2 Å². The van der Waals surface area contributed by atoms with Gasteiger partial charge in [0.1, 0.15) is 0 Å². The number of nitrogens with one attached hydrogen (secondary N) is 2. The van der Waals surface area contributed by atoms with Crippen molar-refractivity contribution in [2.75, 3.05) is 26.2 Å². The van der Waals surface area contributed by atoms with Gasteiger partial charge >= 0.3 is 12.0 Å². The van der Waals surface area contributed by atoms with Gasteiger partial charge in [-0.1, -0.05) is 13.3 Å². The van der Waals surface area contributed by atoms with Crippen LogP contribution < -0.4 is 10.6 Å². The number of amides is 2. The Morgan fingerprint density at radius 2 is 2.00 bits per heavy atom. The molecule has 22 heavy (non-hydrogen) atoms. The monoisotopic (exact) mass is 313 g/mol. The first-order valence-corrected chi connectivity index (χ1v) is 8.09. The van der Waals surface area contributed by atoms with Crippen molar-refractivity contribution < 1.29 is 19.8 Å². The lowest BCUT2D eigenvalue weighted by Gasteiger charge is -2.43. The molecule has 7 nitrogen and oxygen atoms in total. The van der Waals surface area contributed by atoms with Gasteiger partial charge in [-0.05, 0) is 32.2 Å². The van der Waals surface area contributed by atoms with Crippen LogP contribution in [0, 0.1) is 5.41 Å². The minimum absolute atomic E-state index is 0.0547. The molecule has 0 bridgehead atoms. The number of likely N-dealkylation sites (N-methyl/N-ethyl adjacent to an activating group) is 1. The lowest BCUT2D eigenvalue weighted by Crippen LogP contribution is -2.57. The Morgan fingerprint density at radius 3 is 2.45 bits per heavy atom. The van der Waals surface area contributed by atoms with Gasteiger partial charge in [-0.15, -0.1) is 0 Å². The van der Waals surface area contributed by atoms with E-state index >= 15 is 0 Å². The average Bonchev–Trinajstić information content (AvgIpc) is 2.39. The molecule has 126 valence electrons. The van der Waals surface area contributed by atoms with Gasteiger partial charge in [0, 0.05) is 24.0 Å². The number of carbonyl (C=O) groups excluding carboxylic acids is 1. The highest BCUT2D eigenvalue weighted by Crippen LogP contribution is 2.39. The first kappa shape index (κ1) is 17.0. The maximum absolute atomic E-state index is 11.9. The molecule has 0 spiro atoms. The maximum atomic E-state index is 11.9. The van der Waals surface area contributed by atoms with Crippen molar-refractivity contribution in [1.82, 2.24) is 15.5 Å².